The largest absolute Gasteiger partial charge is 0.435 e. The molecule has 2 atom stereocenters. The highest BCUT2D eigenvalue weighted by atomic mass is 19.3. The van der Waals surface area contributed by atoms with E-state index in [1.807, 2.05) is 13.0 Å². The molecule has 0 radical (unpaired) electrons. The summed E-state index contributed by atoms with van der Waals surface area (Å²) < 4.78 is 39.0. The van der Waals surface area contributed by atoms with E-state index < -0.39 is 6.61 Å². The molecule has 6 heteroatoms. The van der Waals surface area contributed by atoms with Crippen LogP contribution < -0.4 is 10.1 Å². The van der Waals surface area contributed by atoms with Crippen molar-refractivity contribution >= 4 is 0 Å². The van der Waals surface area contributed by atoms with Gasteiger partial charge in [-0.05, 0) is 24.6 Å². The molecule has 1 aromatic rings. The molecule has 0 bridgehead atoms. The lowest BCUT2D eigenvalue weighted by molar-refractivity contribution is -0.0499. The first-order chi connectivity index (χ1) is 9.56. The van der Waals surface area contributed by atoms with E-state index >= 15 is 0 Å². The van der Waals surface area contributed by atoms with Gasteiger partial charge < -0.3 is 19.5 Å². The Labute approximate surface area is 118 Å². The molecule has 2 unspecified atom stereocenters. The first-order valence-electron chi connectivity index (χ1n) is 6.36. The molecule has 0 aliphatic heterocycles. The molecule has 1 rings (SSSR count). The van der Waals surface area contributed by atoms with E-state index in [2.05, 4.69) is 10.1 Å². The van der Waals surface area contributed by atoms with E-state index in [1.165, 1.54) is 6.07 Å². The SMILES string of the molecule is COCC(CNC(C)c1cccc(OC(F)F)c1)OC. The predicted octanol–water partition coefficient (Wildman–Crippen LogP) is 2.60. The Bertz CT molecular complexity index is 390. The molecule has 0 aliphatic rings. The highest BCUT2D eigenvalue weighted by molar-refractivity contribution is 5.30. The molecule has 0 heterocycles. The van der Waals surface area contributed by atoms with Crippen molar-refractivity contribution in [3.63, 3.8) is 0 Å². The summed E-state index contributed by atoms with van der Waals surface area (Å²) in [4.78, 5) is 0. The lowest BCUT2D eigenvalue weighted by atomic mass is 10.1. The summed E-state index contributed by atoms with van der Waals surface area (Å²) in [5.74, 6) is 0.159. The maximum absolute atomic E-state index is 12.2. The molecule has 0 amide bonds. The van der Waals surface area contributed by atoms with Crippen molar-refractivity contribution in [1.82, 2.24) is 5.32 Å². The van der Waals surface area contributed by atoms with Gasteiger partial charge in [-0.25, -0.2) is 0 Å². The maximum Gasteiger partial charge on any atom is 0.387 e. The second-order valence-electron chi connectivity index (χ2n) is 4.39. The summed E-state index contributed by atoms with van der Waals surface area (Å²) in [7, 11) is 3.23. The van der Waals surface area contributed by atoms with Crippen molar-refractivity contribution in [2.45, 2.75) is 25.7 Å². The number of halogens is 2. The molecule has 4 nitrogen and oxygen atoms in total. The number of nitrogens with one attached hydrogen (secondary N) is 1. The van der Waals surface area contributed by atoms with Gasteiger partial charge in [0.1, 0.15) is 5.75 Å². The minimum absolute atomic E-state index is 0.00858. The van der Waals surface area contributed by atoms with Gasteiger partial charge in [0.15, 0.2) is 0 Å². The number of methoxy groups -OCH3 is 2. The summed E-state index contributed by atoms with van der Waals surface area (Å²) in [6, 6.07) is 6.64. The second kappa shape index (κ2) is 8.84. The monoisotopic (exact) mass is 289 g/mol. The fourth-order valence-corrected chi connectivity index (χ4v) is 1.78. The molecule has 1 N–H and O–H groups in total. The van der Waals surface area contributed by atoms with E-state index in [1.54, 1.807) is 26.4 Å². The zero-order valence-electron chi connectivity index (χ0n) is 11.9. The van der Waals surface area contributed by atoms with Crippen LogP contribution in [0, 0.1) is 0 Å². The van der Waals surface area contributed by atoms with E-state index in [-0.39, 0.29) is 17.9 Å². The average Bonchev–Trinajstić information content (AvgIpc) is 2.42. The molecule has 0 spiro atoms. The van der Waals surface area contributed by atoms with Crippen LogP contribution >= 0.6 is 0 Å². The highest BCUT2D eigenvalue weighted by Crippen LogP contribution is 2.20. The summed E-state index contributed by atoms with van der Waals surface area (Å²) in [5, 5.41) is 3.27. The zero-order valence-corrected chi connectivity index (χ0v) is 11.9. The molecule has 0 saturated heterocycles. The van der Waals surface area contributed by atoms with Crippen LogP contribution in [0.25, 0.3) is 0 Å². The third-order valence-corrected chi connectivity index (χ3v) is 2.92. The Balaban J connectivity index is 2.56. The quantitative estimate of drug-likeness (QED) is 0.758. The normalized spacial score (nSPS) is 14.3. The number of benzene rings is 1. The van der Waals surface area contributed by atoms with Crippen molar-refractivity contribution in [1.29, 1.82) is 0 Å². The number of hydrogen-bond donors (Lipinski definition) is 1. The Morgan fingerprint density at radius 1 is 1.25 bits per heavy atom. The van der Waals surface area contributed by atoms with Gasteiger partial charge in [-0.2, -0.15) is 8.78 Å². The van der Waals surface area contributed by atoms with E-state index in [9.17, 15) is 8.78 Å². The number of rotatable bonds is 9. The fraction of sp³-hybridized carbons (Fsp3) is 0.571. The second-order valence-corrected chi connectivity index (χ2v) is 4.39. The van der Waals surface area contributed by atoms with Crippen molar-refractivity contribution in [2.24, 2.45) is 0 Å². The van der Waals surface area contributed by atoms with Crippen LogP contribution in [0.2, 0.25) is 0 Å². The zero-order chi connectivity index (χ0) is 15.0. The lowest BCUT2D eigenvalue weighted by Crippen LogP contribution is -2.33. The number of hydrogen-bond acceptors (Lipinski definition) is 4. The van der Waals surface area contributed by atoms with E-state index in [0.29, 0.717) is 13.2 Å². The van der Waals surface area contributed by atoms with E-state index in [4.69, 9.17) is 9.47 Å². The van der Waals surface area contributed by atoms with Crippen LogP contribution in [0.5, 0.6) is 5.75 Å². The Morgan fingerprint density at radius 3 is 2.60 bits per heavy atom. The van der Waals surface area contributed by atoms with Gasteiger partial charge in [-0.3, -0.25) is 0 Å². The van der Waals surface area contributed by atoms with Crippen molar-refractivity contribution in [3.8, 4) is 5.75 Å². The Hall–Kier alpha value is -1.24. The fourth-order valence-electron chi connectivity index (χ4n) is 1.78. The van der Waals surface area contributed by atoms with Gasteiger partial charge >= 0.3 is 6.61 Å². The minimum Gasteiger partial charge on any atom is -0.435 e. The molecule has 114 valence electrons. The predicted molar refractivity (Wildman–Crippen MR) is 72.2 cm³/mol. The van der Waals surface area contributed by atoms with Gasteiger partial charge in [0, 0.05) is 26.8 Å². The average molecular weight is 289 g/mol. The van der Waals surface area contributed by atoms with Gasteiger partial charge in [0.05, 0.1) is 12.7 Å². The van der Waals surface area contributed by atoms with E-state index in [0.717, 1.165) is 5.56 Å². The smallest absolute Gasteiger partial charge is 0.387 e. The third kappa shape index (κ3) is 5.81. The summed E-state index contributed by atoms with van der Waals surface area (Å²) in [5.41, 5.74) is 0.871. The first kappa shape index (κ1) is 16.8. The molecule has 0 fully saturated rings. The maximum atomic E-state index is 12.2. The van der Waals surface area contributed by atoms with Crippen LogP contribution in [0.15, 0.2) is 24.3 Å². The highest BCUT2D eigenvalue weighted by Gasteiger charge is 2.12. The molecule has 0 saturated carbocycles. The molecule has 20 heavy (non-hydrogen) atoms. The minimum atomic E-state index is -2.81. The molecule has 0 aromatic heterocycles. The lowest BCUT2D eigenvalue weighted by Gasteiger charge is -2.20. The van der Waals surface area contributed by atoms with Crippen LogP contribution in [0.3, 0.4) is 0 Å². The van der Waals surface area contributed by atoms with Crippen LogP contribution in [0.4, 0.5) is 8.78 Å². The van der Waals surface area contributed by atoms with Crippen LogP contribution in [-0.4, -0.2) is 40.1 Å². The number of ether oxygens (including phenoxy) is 3. The summed E-state index contributed by atoms with van der Waals surface area (Å²) in [6.07, 6.45) is -0.0528. The molecule has 0 aliphatic carbocycles. The van der Waals surface area contributed by atoms with Gasteiger partial charge in [-0.15, -0.1) is 0 Å². The standard InChI is InChI=1S/C14H21F2NO3/c1-10(17-8-13(19-3)9-18-2)11-5-4-6-12(7-11)20-14(15)16/h4-7,10,13-14,17H,8-9H2,1-3H3. The first-order valence-corrected chi connectivity index (χ1v) is 6.36. The van der Waals surface area contributed by atoms with Crippen molar-refractivity contribution < 1.29 is 23.0 Å². The topological polar surface area (TPSA) is 39.7 Å². The Morgan fingerprint density at radius 2 is 2.00 bits per heavy atom. The summed E-state index contributed by atoms with van der Waals surface area (Å²) >= 11 is 0. The van der Waals surface area contributed by atoms with Crippen molar-refractivity contribution in [3.05, 3.63) is 29.8 Å². The van der Waals surface area contributed by atoms with Gasteiger partial charge in [-0.1, -0.05) is 12.1 Å². The van der Waals surface area contributed by atoms with Crippen LogP contribution in [-0.2, 0) is 9.47 Å². The van der Waals surface area contributed by atoms with Gasteiger partial charge in [0.25, 0.3) is 0 Å². The summed E-state index contributed by atoms with van der Waals surface area (Å²) in [6.45, 7) is 0.227. The van der Waals surface area contributed by atoms with Crippen molar-refractivity contribution in [2.75, 3.05) is 27.4 Å². The van der Waals surface area contributed by atoms with Crippen LogP contribution in [0.1, 0.15) is 18.5 Å². The molecular formula is C14H21F2NO3. The molecule has 1 aromatic carbocycles. The Kier molecular flexibility index (Phi) is 7.43. The van der Waals surface area contributed by atoms with Gasteiger partial charge in [0.2, 0.25) is 0 Å². The number of alkyl halides is 2. The molecular weight excluding hydrogens is 268 g/mol. The third-order valence-electron chi connectivity index (χ3n) is 2.92.